The molecular weight excluding hydrogens is 456 g/mol. The monoisotopic (exact) mass is 478 g/mol. The number of benzene rings is 2. The molecule has 2 N–H and O–H groups in total. The van der Waals surface area contributed by atoms with Crippen molar-refractivity contribution in [1.29, 1.82) is 0 Å². The van der Waals surface area contributed by atoms with E-state index >= 15 is 0 Å². The number of nitrogens with zero attached hydrogens (tertiary/aromatic N) is 1. The SMILES string of the molecule is COc1ccc(Cn2cc(C(=O)NC3CC(F)(F)CCC3O)c(=O)c3c(F)ccc(F)c32)cc1. The summed E-state index contributed by atoms with van der Waals surface area (Å²) in [6.45, 7) is -0.0223. The van der Waals surface area contributed by atoms with Gasteiger partial charge in [-0.05, 0) is 36.2 Å². The number of aliphatic hydroxyl groups is 1. The fourth-order valence-electron chi connectivity index (χ4n) is 4.18. The Kier molecular flexibility index (Phi) is 6.35. The van der Waals surface area contributed by atoms with Crippen molar-refractivity contribution in [3.05, 3.63) is 75.6 Å². The molecule has 1 saturated carbocycles. The fourth-order valence-corrected chi connectivity index (χ4v) is 4.18. The Balaban J connectivity index is 1.77. The van der Waals surface area contributed by atoms with Crippen molar-refractivity contribution in [2.45, 2.75) is 43.9 Å². The van der Waals surface area contributed by atoms with Crippen LogP contribution in [0.1, 0.15) is 35.2 Å². The van der Waals surface area contributed by atoms with Crippen LogP contribution in [0.3, 0.4) is 0 Å². The third-order valence-corrected chi connectivity index (χ3v) is 5.98. The molecule has 2 atom stereocenters. The Labute approximate surface area is 191 Å². The van der Waals surface area contributed by atoms with Crippen LogP contribution in [0.15, 0.2) is 47.4 Å². The summed E-state index contributed by atoms with van der Waals surface area (Å²) in [5, 5.41) is 11.7. The maximum absolute atomic E-state index is 14.7. The lowest BCUT2D eigenvalue weighted by molar-refractivity contribution is -0.0768. The lowest BCUT2D eigenvalue weighted by Gasteiger charge is -2.33. The van der Waals surface area contributed by atoms with Gasteiger partial charge in [-0.3, -0.25) is 9.59 Å². The first kappa shape index (κ1) is 23.7. The summed E-state index contributed by atoms with van der Waals surface area (Å²) < 4.78 is 63.3. The van der Waals surface area contributed by atoms with Crippen LogP contribution < -0.4 is 15.5 Å². The molecule has 1 aliphatic rings. The number of rotatable bonds is 5. The Morgan fingerprint density at radius 2 is 1.85 bits per heavy atom. The van der Waals surface area contributed by atoms with Crippen LogP contribution in [0, 0.1) is 11.6 Å². The second-order valence-electron chi connectivity index (χ2n) is 8.35. The molecule has 34 heavy (non-hydrogen) atoms. The van der Waals surface area contributed by atoms with Crippen LogP contribution in [-0.4, -0.2) is 40.8 Å². The first-order valence-electron chi connectivity index (χ1n) is 10.6. The first-order valence-corrected chi connectivity index (χ1v) is 10.6. The number of nitrogens with one attached hydrogen (secondary N) is 1. The zero-order chi connectivity index (χ0) is 24.6. The van der Waals surface area contributed by atoms with Gasteiger partial charge in [0.05, 0.1) is 30.2 Å². The van der Waals surface area contributed by atoms with Gasteiger partial charge in [0.1, 0.15) is 22.9 Å². The van der Waals surface area contributed by atoms with Crippen LogP contribution >= 0.6 is 0 Å². The number of aromatic nitrogens is 1. The van der Waals surface area contributed by atoms with Gasteiger partial charge in [-0.15, -0.1) is 0 Å². The summed E-state index contributed by atoms with van der Waals surface area (Å²) in [6.07, 6.45) is -1.69. The summed E-state index contributed by atoms with van der Waals surface area (Å²) >= 11 is 0. The van der Waals surface area contributed by atoms with E-state index in [2.05, 4.69) is 5.32 Å². The van der Waals surface area contributed by atoms with E-state index in [1.54, 1.807) is 24.3 Å². The van der Waals surface area contributed by atoms with Gasteiger partial charge in [0.25, 0.3) is 5.91 Å². The molecular formula is C24H22F4N2O4. The number of aliphatic hydroxyl groups excluding tert-OH is 1. The third-order valence-electron chi connectivity index (χ3n) is 5.98. The summed E-state index contributed by atoms with van der Waals surface area (Å²) in [7, 11) is 1.49. The average Bonchev–Trinajstić information content (AvgIpc) is 2.80. The maximum Gasteiger partial charge on any atom is 0.257 e. The molecule has 0 spiro atoms. The predicted octanol–water partition coefficient (Wildman–Crippen LogP) is 3.62. The number of halogens is 4. The molecule has 6 nitrogen and oxygen atoms in total. The highest BCUT2D eigenvalue weighted by Gasteiger charge is 2.41. The number of carbonyl (C=O) groups is 1. The van der Waals surface area contributed by atoms with Gasteiger partial charge in [-0.25, -0.2) is 17.6 Å². The van der Waals surface area contributed by atoms with Gasteiger partial charge in [-0.1, -0.05) is 12.1 Å². The molecule has 3 aromatic rings. The fraction of sp³-hybridized carbons (Fsp3) is 0.333. The first-order chi connectivity index (χ1) is 16.1. The quantitative estimate of drug-likeness (QED) is 0.549. The molecule has 10 heteroatoms. The number of pyridine rings is 1. The van der Waals surface area contributed by atoms with Gasteiger partial charge >= 0.3 is 0 Å². The predicted molar refractivity (Wildman–Crippen MR) is 116 cm³/mol. The van der Waals surface area contributed by atoms with Crippen LogP contribution in [0.25, 0.3) is 10.9 Å². The highest BCUT2D eigenvalue weighted by molar-refractivity contribution is 5.97. The molecule has 180 valence electrons. The molecule has 1 aromatic heterocycles. The van der Waals surface area contributed by atoms with E-state index < -0.39 is 64.8 Å². The van der Waals surface area contributed by atoms with Crippen molar-refractivity contribution < 1.29 is 32.2 Å². The Morgan fingerprint density at radius 3 is 2.53 bits per heavy atom. The van der Waals surface area contributed by atoms with E-state index in [-0.39, 0.29) is 18.5 Å². The number of hydrogen-bond donors (Lipinski definition) is 2. The van der Waals surface area contributed by atoms with E-state index in [0.717, 1.165) is 18.3 Å². The zero-order valence-electron chi connectivity index (χ0n) is 18.2. The normalized spacial score (nSPS) is 19.7. The van der Waals surface area contributed by atoms with Gasteiger partial charge in [0.2, 0.25) is 11.4 Å². The number of alkyl halides is 2. The van der Waals surface area contributed by atoms with E-state index in [0.29, 0.717) is 11.3 Å². The molecule has 0 radical (unpaired) electrons. The summed E-state index contributed by atoms with van der Waals surface area (Å²) in [4.78, 5) is 25.9. The van der Waals surface area contributed by atoms with Crippen molar-refractivity contribution in [3.63, 3.8) is 0 Å². The minimum Gasteiger partial charge on any atom is -0.497 e. The van der Waals surface area contributed by atoms with Crippen molar-refractivity contribution in [1.82, 2.24) is 9.88 Å². The Hall–Kier alpha value is -3.40. The van der Waals surface area contributed by atoms with Crippen LogP contribution in [0.2, 0.25) is 0 Å². The second kappa shape index (κ2) is 9.09. The Bertz CT molecular complexity index is 1290. The average molecular weight is 478 g/mol. The van der Waals surface area contributed by atoms with E-state index in [9.17, 15) is 32.3 Å². The third kappa shape index (κ3) is 4.63. The summed E-state index contributed by atoms with van der Waals surface area (Å²) in [5.41, 5.74) is -1.32. The molecule has 1 heterocycles. The minimum atomic E-state index is -3.08. The molecule has 4 rings (SSSR count). The largest absolute Gasteiger partial charge is 0.497 e. The van der Waals surface area contributed by atoms with Crippen molar-refractivity contribution in [2.24, 2.45) is 0 Å². The summed E-state index contributed by atoms with van der Waals surface area (Å²) in [5.74, 6) is -5.45. The smallest absolute Gasteiger partial charge is 0.257 e. The number of fused-ring (bicyclic) bond motifs is 1. The van der Waals surface area contributed by atoms with Gasteiger partial charge in [0.15, 0.2) is 0 Å². The zero-order valence-corrected chi connectivity index (χ0v) is 18.2. The van der Waals surface area contributed by atoms with Crippen LogP contribution in [0.4, 0.5) is 17.6 Å². The standard InChI is InChI=1S/C24H22F4N2O4/c1-34-14-4-2-13(3-5-14)11-30-12-15(22(32)20-16(25)6-7-17(26)21(20)30)23(33)29-18-10-24(27,28)9-8-19(18)31/h2-7,12,18-19,31H,8-11H2,1H3,(H,29,33). The van der Waals surface area contributed by atoms with Crippen LogP contribution in [-0.2, 0) is 6.54 Å². The lowest BCUT2D eigenvalue weighted by atomic mass is 9.89. The van der Waals surface area contributed by atoms with Crippen molar-refractivity contribution in [3.8, 4) is 5.75 Å². The molecule has 1 amide bonds. The van der Waals surface area contributed by atoms with E-state index in [1.807, 2.05) is 0 Å². The topological polar surface area (TPSA) is 80.6 Å². The Morgan fingerprint density at radius 1 is 1.18 bits per heavy atom. The molecule has 2 aromatic carbocycles. The van der Waals surface area contributed by atoms with Crippen molar-refractivity contribution in [2.75, 3.05) is 7.11 Å². The number of carbonyl (C=O) groups excluding carboxylic acids is 1. The summed E-state index contributed by atoms with van der Waals surface area (Å²) in [6, 6.07) is 7.05. The number of amides is 1. The van der Waals surface area contributed by atoms with Crippen molar-refractivity contribution >= 4 is 16.8 Å². The molecule has 0 bridgehead atoms. The van der Waals surface area contributed by atoms with Gasteiger partial charge in [0, 0.05) is 25.6 Å². The van der Waals surface area contributed by atoms with Gasteiger partial charge < -0.3 is 19.7 Å². The highest BCUT2D eigenvalue weighted by atomic mass is 19.3. The highest BCUT2D eigenvalue weighted by Crippen LogP contribution is 2.33. The second-order valence-corrected chi connectivity index (χ2v) is 8.35. The lowest BCUT2D eigenvalue weighted by Crippen LogP contribution is -2.50. The van der Waals surface area contributed by atoms with E-state index in [4.69, 9.17) is 4.74 Å². The maximum atomic E-state index is 14.7. The number of methoxy groups -OCH3 is 1. The molecule has 0 aliphatic heterocycles. The van der Waals surface area contributed by atoms with Crippen LogP contribution in [0.5, 0.6) is 5.75 Å². The van der Waals surface area contributed by atoms with E-state index in [1.165, 1.54) is 11.7 Å². The number of ether oxygens (including phenoxy) is 1. The molecule has 0 saturated heterocycles. The number of hydrogen-bond acceptors (Lipinski definition) is 4. The van der Waals surface area contributed by atoms with Gasteiger partial charge in [-0.2, -0.15) is 0 Å². The minimum absolute atomic E-state index is 0.0223. The molecule has 2 unspecified atom stereocenters. The molecule has 1 fully saturated rings. The molecule has 1 aliphatic carbocycles.